The van der Waals surface area contributed by atoms with Crippen LogP contribution in [0.25, 0.3) is 0 Å². The molecular formula is C18H23BrN2O7S. The summed E-state index contributed by atoms with van der Waals surface area (Å²) in [7, 11) is 0. The van der Waals surface area contributed by atoms with Crippen LogP contribution in [0.15, 0.2) is 21.8 Å². The van der Waals surface area contributed by atoms with Crippen molar-refractivity contribution in [1.82, 2.24) is 4.98 Å². The zero-order valence-corrected chi connectivity index (χ0v) is 18.8. The topological polar surface area (TPSA) is 127 Å². The average Bonchev–Trinajstić information content (AvgIpc) is 2.61. The van der Waals surface area contributed by atoms with Crippen LogP contribution in [0.4, 0.5) is 0 Å². The lowest BCUT2D eigenvalue weighted by molar-refractivity contribution is -0.201. The minimum atomic E-state index is -0.966. The van der Waals surface area contributed by atoms with Crippen molar-refractivity contribution in [3.8, 4) is 0 Å². The number of nitrogens with two attached hydrogens (primary N) is 1. The summed E-state index contributed by atoms with van der Waals surface area (Å²) in [5, 5.41) is 0. The first-order valence-corrected chi connectivity index (χ1v) is 10.4. The maximum Gasteiger partial charge on any atom is 0.303 e. The van der Waals surface area contributed by atoms with Gasteiger partial charge in [0.1, 0.15) is 28.9 Å². The minimum absolute atomic E-state index is 0.169. The summed E-state index contributed by atoms with van der Waals surface area (Å²) in [6, 6.07) is 0.992. The fraction of sp³-hybridized carbons (Fsp3) is 0.556. The molecule has 0 saturated carbocycles. The number of nitrogens with zero attached hydrogens (tertiary/aromatic N) is 1. The normalized spacial score (nSPS) is 26.5. The largest absolute Gasteiger partial charge is 0.463 e. The molecule has 0 radical (unpaired) electrons. The third-order valence-corrected chi connectivity index (χ3v) is 6.02. The molecule has 29 heavy (non-hydrogen) atoms. The Morgan fingerprint density at radius 3 is 2.38 bits per heavy atom. The van der Waals surface area contributed by atoms with Gasteiger partial charge < -0.3 is 24.7 Å². The first-order valence-electron chi connectivity index (χ1n) is 8.76. The molecule has 11 heteroatoms. The van der Waals surface area contributed by atoms with Gasteiger partial charge in [0.2, 0.25) is 0 Å². The number of ether oxygens (including phenoxy) is 4. The Morgan fingerprint density at radius 2 is 1.79 bits per heavy atom. The van der Waals surface area contributed by atoms with Crippen LogP contribution in [0.1, 0.15) is 26.3 Å². The Kier molecular flexibility index (Phi) is 8.44. The summed E-state index contributed by atoms with van der Waals surface area (Å²) in [5.74, 6) is -1.65. The maximum absolute atomic E-state index is 11.7. The van der Waals surface area contributed by atoms with Gasteiger partial charge >= 0.3 is 17.9 Å². The van der Waals surface area contributed by atoms with Gasteiger partial charge in [0.05, 0.1) is 6.04 Å². The molecule has 0 aliphatic carbocycles. The molecule has 0 aromatic carbocycles. The quantitative estimate of drug-likeness (QED) is 0.357. The number of aromatic nitrogens is 1. The van der Waals surface area contributed by atoms with Crippen molar-refractivity contribution in [3.05, 3.63) is 22.4 Å². The molecule has 160 valence electrons. The number of halogens is 1. The Labute approximate surface area is 181 Å². The van der Waals surface area contributed by atoms with Crippen molar-refractivity contribution in [3.63, 3.8) is 0 Å². The Balaban J connectivity index is 2.34. The number of hydrogen-bond acceptors (Lipinski definition) is 10. The predicted octanol–water partition coefficient (Wildman–Crippen LogP) is 1.72. The molecule has 5 unspecified atom stereocenters. The first kappa shape index (κ1) is 23.6. The Bertz CT molecular complexity index is 777. The molecule has 5 atom stereocenters. The van der Waals surface area contributed by atoms with E-state index in [-0.39, 0.29) is 6.61 Å². The molecular weight excluding hydrogens is 468 g/mol. The monoisotopic (exact) mass is 490 g/mol. The molecule has 0 bridgehead atoms. The van der Waals surface area contributed by atoms with Gasteiger partial charge in [-0.25, -0.2) is 4.98 Å². The highest BCUT2D eigenvalue weighted by Crippen LogP contribution is 2.38. The molecule has 0 spiro atoms. The van der Waals surface area contributed by atoms with E-state index in [4.69, 9.17) is 24.7 Å². The standard InChI is InChI=1S/C18H23BrN2O7S/c1-8-5-13(17(19)21-6-8)29-18-16(27-11(4)24)14(20)15(26-10(3)23)12(28-18)7-25-9(2)22/h5-6,12,14-16,18H,7,20H2,1-4H3. The molecule has 1 fully saturated rings. The van der Waals surface area contributed by atoms with Crippen molar-refractivity contribution in [2.45, 2.75) is 62.4 Å². The second kappa shape index (κ2) is 10.4. The van der Waals surface area contributed by atoms with Gasteiger partial charge in [0, 0.05) is 31.9 Å². The second-order valence-corrected chi connectivity index (χ2v) is 8.38. The van der Waals surface area contributed by atoms with Crippen LogP contribution in [0.2, 0.25) is 0 Å². The fourth-order valence-electron chi connectivity index (χ4n) is 2.78. The summed E-state index contributed by atoms with van der Waals surface area (Å²) >= 11 is 4.64. The third-order valence-electron chi connectivity index (χ3n) is 3.94. The number of carbonyl (C=O) groups is 3. The summed E-state index contributed by atoms with van der Waals surface area (Å²) in [6.45, 7) is 5.46. The smallest absolute Gasteiger partial charge is 0.303 e. The van der Waals surface area contributed by atoms with Crippen molar-refractivity contribution < 1.29 is 33.3 Å². The Hall–Kier alpha value is -1.69. The summed E-state index contributed by atoms with van der Waals surface area (Å²) in [4.78, 5) is 39.5. The number of rotatable bonds is 6. The van der Waals surface area contributed by atoms with Crippen LogP contribution < -0.4 is 5.73 Å². The minimum Gasteiger partial charge on any atom is -0.463 e. The molecule has 2 heterocycles. The SMILES string of the molecule is CC(=O)OCC1OC(Sc2cc(C)cnc2Br)C(OC(C)=O)C(N)C1OC(C)=O. The number of esters is 3. The van der Waals surface area contributed by atoms with E-state index in [1.807, 2.05) is 13.0 Å². The van der Waals surface area contributed by atoms with Crippen molar-refractivity contribution in [1.29, 1.82) is 0 Å². The highest BCUT2D eigenvalue weighted by molar-refractivity contribution is 9.10. The van der Waals surface area contributed by atoms with Crippen LogP contribution in [0, 0.1) is 6.92 Å². The fourth-order valence-corrected chi connectivity index (χ4v) is 4.50. The lowest BCUT2D eigenvalue weighted by atomic mass is 9.97. The van der Waals surface area contributed by atoms with E-state index in [9.17, 15) is 14.4 Å². The van der Waals surface area contributed by atoms with Gasteiger partial charge in [0.25, 0.3) is 0 Å². The molecule has 1 aliphatic heterocycles. The van der Waals surface area contributed by atoms with Gasteiger partial charge in [-0.2, -0.15) is 0 Å². The summed E-state index contributed by atoms with van der Waals surface area (Å²) in [5.41, 5.74) is 6.49. The summed E-state index contributed by atoms with van der Waals surface area (Å²) < 4.78 is 22.4. The molecule has 9 nitrogen and oxygen atoms in total. The maximum atomic E-state index is 11.7. The number of aryl methyl sites for hydroxylation is 1. The van der Waals surface area contributed by atoms with E-state index in [1.54, 1.807) is 6.20 Å². The van der Waals surface area contributed by atoms with Gasteiger partial charge in [-0.15, -0.1) is 0 Å². The molecule has 1 aromatic rings. The van der Waals surface area contributed by atoms with Crippen LogP contribution in [-0.2, 0) is 33.3 Å². The number of pyridine rings is 1. The lowest BCUT2D eigenvalue weighted by Crippen LogP contribution is -2.63. The van der Waals surface area contributed by atoms with Crippen molar-refractivity contribution in [2.24, 2.45) is 5.73 Å². The number of thioether (sulfide) groups is 1. The van der Waals surface area contributed by atoms with Crippen LogP contribution in [0.5, 0.6) is 0 Å². The lowest BCUT2D eigenvalue weighted by Gasteiger charge is -2.43. The molecule has 1 saturated heterocycles. The van der Waals surface area contributed by atoms with Gasteiger partial charge in [-0.3, -0.25) is 14.4 Å². The van der Waals surface area contributed by atoms with Gasteiger partial charge in [-0.05, 0) is 34.5 Å². The molecule has 1 aliphatic rings. The van der Waals surface area contributed by atoms with E-state index in [2.05, 4.69) is 20.9 Å². The predicted molar refractivity (Wildman–Crippen MR) is 107 cm³/mol. The molecule has 2 N–H and O–H groups in total. The van der Waals surface area contributed by atoms with Crippen LogP contribution >= 0.6 is 27.7 Å². The second-order valence-electron chi connectivity index (χ2n) is 6.49. The van der Waals surface area contributed by atoms with Gasteiger partial charge in [-0.1, -0.05) is 11.8 Å². The molecule has 2 rings (SSSR count). The van der Waals surface area contributed by atoms with E-state index in [0.717, 1.165) is 10.5 Å². The van der Waals surface area contributed by atoms with Gasteiger partial charge in [0.15, 0.2) is 6.10 Å². The Morgan fingerprint density at radius 1 is 1.17 bits per heavy atom. The highest BCUT2D eigenvalue weighted by Gasteiger charge is 2.48. The zero-order chi connectivity index (χ0) is 21.7. The average molecular weight is 491 g/mol. The van der Waals surface area contributed by atoms with E-state index in [1.165, 1.54) is 32.5 Å². The van der Waals surface area contributed by atoms with Crippen LogP contribution in [0.3, 0.4) is 0 Å². The molecule has 1 aromatic heterocycles. The van der Waals surface area contributed by atoms with Crippen molar-refractivity contribution in [2.75, 3.05) is 6.61 Å². The van der Waals surface area contributed by atoms with Crippen molar-refractivity contribution >= 4 is 45.6 Å². The number of hydrogen-bond donors (Lipinski definition) is 1. The van der Waals surface area contributed by atoms with E-state index >= 15 is 0 Å². The van der Waals surface area contributed by atoms with E-state index in [0.29, 0.717) is 4.60 Å². The highest BCUT2D eigenvalue weighted by atomic mass is 79.9. The first-order chi connectivity index (χ1) is 13.6. The number of carbonyl (C=O) groups excluding carboxylic acids is 3. The van der Waals surface area contributed by atoms with Crippen LogP contribution in [-0.4, -0.2) is 59.3 Å². The summed E-state index contributed by atoms with van der Waals surface area (Å²) in [6.07, 6.45) is -1.01. The zero-order valence-electron chi connectivity index (χ0n) is 16.4. The third kappa shape index (κ3) is 6.66. The molecule has 0 amide bonds. The van der Waals surface area contributed by atoms with E-state index < -0.39 is 47.7 Å².